The van der Waals surface area contributed by atoms with Crippen molar-refractivity contribution in [2.45, 2.75) is 6.92 Å². The number of thiophene rings is 1. The van der Waals surface area contributed by atoms with Crippen molar-refractivity contribution in [1.29, 1.82) is 0 Å². The van der Waals surface area contributed by atoms with E-state index < -0.39 is 0 Å². The molecule has 0 atom stereocenters. The summed E-state index contributed by atoms with van der Waals surface area (Å²) >= 11 is 3.11. The van der Waals surface area contributed by atoms with Crippen LogP contribution in [0.1, 0.15) is 16.1 Å². The summed E-state index contributed by atoms with van der Waals surface area (Å²) in [6.07, 6.45) is 1.83. The highest BCUT2D eigenvalue weighted by Gasteiger charge is 2.18. The van der Waals surface area contributed by atoms with Gasteiger partial charge in [-0.05, 0) is 30.5 Å². The SMILES string of the molecule is Cc1cn(C)nc1C(=O)Nc1sccc1-c1nc2ccccc2s1. The van der Waals surface area contributed by atoms with Gasteiger partial charge in [0.05, 0.1) is 10.2 Å². The summed E-state index contributed by atoms with van der Waals surface area (Å²) in [4.78, 5) is 17.2. The first-order valence-corrected chi connectivity index (χ1v) is 9.06. The number of thiazole rings is 1. The highest BCUT2D eigenvalue weighted by molar-refractivity contribution is 7.22. The number of aryl methyl sites for hydroxylation is 2. The molecule has 4 rings (SSSR count). The van der Waals surface area contributed by atoms with E-state index in [-0.39, 0.29) is 5.91 Å². The Morgan fingerprint density at radius 1 is 1.25 bits per heavy atom. The Kier molecular flexibility index (Phi) is 3.66. The smallest absolute Gasteiger partial charge is 0.277 e. The van der Waals surface area contributed by atoms with Crippen LogP contribution in [0.5, 0.6) is 0 Å². The number of rotatable bonds is 3. The Bertz CT molecular complexity index is 1010. The number of fused-ring (bicyclic) bond motifs is 1. The molecule has 3 aromatic heterocycles. The van der Waals surface area contributed by atoms with Crippen LogP contribution in [-0.4, -0.2) is 20.7 Å². The van der Waals surface area contributed by atoms with E-state index in [1.54, 1.807) is 16.0 Å². The Morgan fingerprint density at radius 3 is 2.83 bits per heavy atom. The van der Waals surface area contributed by atoms with E-state index in [4.69, 9.17) is 0 Å². The van der Waals surface area contributed by atoms with Crippen LogP contribution in [0.3, 0.4) is 0 Å². The van der Waals surface area contributed by atoms with Crippen LogP contribution in [0, 0.1) is 6.92 Å². The lowest BCUT2D eigenvalue weighted by Gasteiger charge is -2.03. The van der Waals surface area contributed by atoms with Crippen molar-refractivity contribution in [2.24, 2.45) is 7.05 Å². The Hall–Kier alpha value is -2.51. The minimum Gasteiger partial charge on any atom is -0.312 e. The molecule has 0 fully saturated rings. The molecule has 24 heavy (non-hydrogen) atoms. The molecule has 1 aromatic carbocycles. The molecule has 0 aliphatic carbocycles. The molecule has 0 aliphatic rings. The molecule has 0 radical (unpaired) electrons. The summed E-state index contributed by atoms with van der Waals surface area (Å²) in [5.41, 5.74) is 3.22. The van der Waals surface area contributed by atoms with E-state index in [0.29, 0.717) is 5.69 Å². The third-order valence-electron chi connectivity index (χ3n) is 3.64. The van der Waals surface area contributed by atoms with Gasteiger partial charge in [-0.3, -0.25) is 9.48 Å². The van der Waals surface area contributed by atoms with Crippen LogP contribution in [0.4, 0.5) is 5.00 Å². The first kappa shape index (κ1) is 15.0. The number of nitrogens with zero attached hydrogens (tertiary/aromatic N) is 3. The van der Waals surface area contributed by atoms with Crippen LogP contribution in [-0.2, 0) is 7.05 Å². The molecule has 1 amide bonds. The largest absolute Gasteiger partial charge is 0.312 e. The molecule has 0 spiro atoms. The summed E-state index contributed by atoms with van der Waals surface area (Å²) in [5.74, 6) is -0.196. The van der Waals surface area contributed by atoms with Gasteiger partial charge in [0.15, 0.2) is 5.69 Å². The summed E-state index contributed by atoms with van der Waals surface area (Å²) in [6.45, 7) is 1.88. The molecular formula is C17H14N4OS2. The number of hydrogen-bond acceptors (Lipinski definition) is 5. The molecule has 5 nitrogen and oxygen atoms in total. The van der Waals surface area contributed by atoms with Gasteiger partial charge in [-0.25, -0.2) is 4.98 Å². The van der Waals surface area contributed by atoms with Crippen molar-refractivity contribution in [3.05, 3.63) is 53.2 Å². The lowest BCUT2D eigenvalue weighted by Crippen LogP contribution is -2.13. The maximum atomic E-state index is 12.5. The maximum absolute atomic E-state index is 12.5. The first-order valence-electron chi connectivity index (χ1n) is 7.37. The fourth-order valence-electron chi connectivity index (χ4n) is 2.56. The van der Waals surface area contributed by atoms with Crippen molar-refractivity contribution >= 4 is 43.8 Å². The van der Waals surface area contributed by atoms with E-state index >= 15 is 0 Å². The number of aromatic nitrogens is 3. The van der Waals surface area contributed by atoms with Crippen molar-refractivity contribution < 1.29 is 4.79 Å². The zero-order chi connectivity index (χ0) is 16.7. The van der Waals surface area contributed by atoms with Gasteiger partial charge >= 0.3 is 0 Å². The average Bonchev–Trinajstić information content (AvgIpc) is 3.24. The predicted octanol–water partition coefficient (Wildman–Crippen LogP) is 4.32. The van der Waals surface area contributed by atoms with Crippen molar-refractivity contribution in [1.82, 2.24) is 14.8 Å². The number of carbonyl (C=O) groups excluding carboxylic acids is 1. The van der Waals surface area contributed by atoms with Gasteiger partial charge in [0.25, 0.3) is 5.91 Å². The van der Waals surface area contributed by atoms with Crippen molar-refractivity contribution in [3.8, 4) is 10.6 Å². The summed E-state index contributed by atoms with van der Waals surface area (Å²) in [5, 5.41) is 10.9. The van der Waals surface area contributed by atoms with Crippen LogP contribution < -0.4 is 5.32 Å². The molecule has 0 bridgehead atoms. The van der Waals surface area contributed by atoms with Crippen LogP contribution >= 0.6 is 22.7 Å². The fourth-order valence-corrected chi connectivity index (χ4v) is 4.40. The van der Waals surface area contributed by atoms with Gasteiger partial charge in [-0.1, -0.05) is 12.1 Å². The zero-order valence-electron chi connectivity index (χ0n) is 13.1. The predicted molar refractivity (Wildman–Crippen MR) is 98.8 cm³/mol. The molecule has 1 N–H and O–H groups in total. The molecule has 3 heterocycles. The van der Waals surface area contributed by atoms with E-state index in [2.05, 4.69) is 21.5 Å². The lowest BCUT2D eigenvalue weighted by atomic mass is 10.2. The van der Waals surface area contributed by atoms with Gasteiger partial charge in [0, 0.05) is 24.4 Å². The van der Waals surface area contributed by atoms with Crippen LogP contribution in [0.15, 0.2) is 41.9 Å². The first-order chi connectivity index (χ1) is 11.6. The van der Waals surface area contributed by atoms with E-state index in [9.17, 15) is 4.79 Å². The summed E-state index contributed by atoms with van der Waals surface area (Å²) in [7, 11) is 1.81. The highest BCUT2D eigenvalue weighted by Crippen LogP contribution is 2.37. The maximum Gasteiger partial charge on any atom is 0.277 e. The second-order valence-electron chi connectivity index (χ2n) is 5.44. The Morgan fingerprint density at radius 2 is 2.08 bits per heavy atom. The fraction of sp³-hybridized carbons (Fsp3) is 0.118. The van der Waals surface area contributed by atoms with Gasteiger partial charge < -0.3 is 5.32 Å². The number of anilines is 1. The molecule has 0 unspecified atom stereocenters. The standard InChI is InChI=1S/C17H14N4OS2/c1-10-9-21(2)20-14(10)15(22)19-16-11(7-8-23-16)17-18-12-5-3-4-6-13(12)24-17/h3-9H,1-2H3,(H,19,22). The molecule has 0 saturated carbocycles. The quantitative estimate of drug-likeness (QED) is 0.596. The van der Waals surface area contributed by atoms with Crippen molar-refractivity contribution in [2.75, 3.05) is 5.32 Å². The second kappa shape index (κ2) is 5.85. The van der Waals surface area contributed by atoms with Crippen LogP contribution in [0.2, 0.25) is 0 Å². The van der Waals surface area contributed by atoms with Gasteiger partial charge in [-0.15, -0.1) is 22.7 Å². The second-order valence-corrected chi connectivity index (χ2v) is 7.39. The molecule has 0 aliphatic heterocycles. The number of para-hydroxylation sites is 1. The third kappa shape index (κ3) is 2.61. The average molecular weight is 354 g/mol. The summed E-state index contributed by atoms with van der Waals surface area (Å²) in [6, 6.07) is 10.0. The topological polar surface area (TPSA) is 59.8 Å². The summed E-state index contributed by atoms with van der Waals surface area (Å²) < 4.78 is 2.78. The third-order valence-corrected chi connectivity index (χ3v) is 5.54. The van der Waals surface area contributed by atoms with E-state index in [0.717, 1.165) is 31.4 Å². The highest BCUT2D eigenvalue weighted by atomic mass is 32.1. The molecule has 120 valence electrons. The van der Waals surface area contributed by atoms with Gasteiger partial charge in [0.1, 0.15) is 10.0 Å². The van der Waals surface area contributed by atoms with Crippen LogP contribution in [0.25, 0.3) is 20.8 Å². The molecule has 4 aromatic rings. The number of benzene rings is 1. The van der Waals surface area contributed by atoms with E-state index in [1.807, 2.05) is 49.8 Å². The molecule has 0 saturated heterocycles. The zero-order valence-corrected chi connectivity index (χ0v) is 14.7. The monoisotopic (exact) mass is 354 g/mol. The van der Waals surface area contributed by atoms with E-state index in [1.165, 1.54) is 11.3 Å². The Balaban J connectivity index is 1.67. The number of nitrogens with one attached hydrogen (secondary N) is 1. The molecule has 7 heteroatoms. The number of hydrogen-bond donors (Lipinski definition) is 1. The molecular weight excluding hydrogens is 340 g/mol. The van der Waals surface area contributed by atoms with Gasteiger partial charge in [0.2, 0.25) is 0 Å². The Labute approximate surface area is 146 Å². The van der Waals surface area contributed by atoms with Crippen molar-refractivity contribution in [3.63, 3.8) is 0 Å². The normalized spacial score (nSPS) is 11.1. The minimum absolute atomic E-state index is 0.196. The minimum atomic E-state index is -0.196. The number of amides is 1. The van der Waals surface area contributed by atoms with Gasteiger partial charge in [-0.2, -0.15) is 5.10 Å². The lowest BCUT2D eigenvalue weighted by molar-refractivity contribution is 0.102. The number of carbonyl (C=O) groups is 1.